The van der Waals surface area contributed by atoms with E-state index in [1.807, 2.05) is 0 Å². The number of nitrogens with zero attached hydrogens (tertiary/aromatic N) is 3. The lowest BCUT2D eigenvalue weighted by Crippen LogP contribution is -2.30. The van der Waals surface area contributed by atoms with E-state index in [4.69, 9.17) is 16.3 Å². The molecule has 2 heterocycles. The average Bonchev–Trinajstić information content (AvgIpc) is 2.98. The molecule has 1 aromatic heterocycles. The van der Waals surface area contributed by atoms with Crippen LogP contribution in [0.5, 0.6) is 0 Å². The van der Waals surface area contributed by atoms with Crippen molar-refractivity contribution >= 4 is 60.2 Å². The van der Waals surface area contributed by atoms with E-state index in [9.17, 15) is 8.78 Å². The second kappa shape index (κ2) is 5.99. The molecule has 2 aromatic rings. The lowest BCUT2D eigenvalue weighted by molar-refractivity contribution is 0.197. The Kier molecular flexibility index (Phi) is 4.37. The normalized spacial score (nSPS) is 18.2. The molecule has 9 heteroatoms. The van der Waals surface area contributed by atoms with Gasteiger partial charge in [-0.25, -0.2) is 13.8 Å². The van der Waals surface area contributed by atoms with Crippen LogP contribution in [0.25, 0.3) is 10.9 Å². The monoisotopic (exact) mass is 453 g/mol. The van der Waals surface area contributed by atoms with Gasteiger partial charge in [0.2, 0.25) is 5.28 Å². The Morgan fingerprint density at radius 2 is 2.00 bits per heavy atom. The summed E-state index contributed by atoms with van der Waals surface area (Å²) >= 11 is 11.9. The average molecular weight is 455 g/mol. The minimum absolute atomic E-state index is 0.0529. The van der Waals surface area contributed by atoms with Crippen LogP contribution in [-0.4, -0.2) is 29.3 Å². The maximum Gasteiger partial charge on any atom is 0.225 e. The van der Waals surface area contributed by atoms with Crippen molar-refractivity contribution in [2.24, 2.45) is 0 Å². The lowest BCUT2D eigenvalue weighted by atomic mass is 10.2. The number of rotatable bonds is 2. The van der Waals surface area contributed by atoms with Gasteiger partial charge in [0.15, 0.2) is 11.6 Å². The Morgan fingerprint density at radius 1 is 1.27 bits per heavy atom. The van der Waals surface area contributed by atoms with Crippen molar-refractivity contribution < 1.29 is 13.5 Å². The molecule has 0 unspecified atom stereocenters. The number of anilines is 1. The van der Waals surface area contributed by atoms with Crippen LogP contribution in [0.1, 0.15) is 0 Å². The molecule has 116 valence electrons. The second-order valence-corrected chi connectivity index (χ2v) is 6.49. The van der Waals surface area contributed by atoms with Gasteiger partial charge in [0, 0.05) is 0 Å². The third kappa shape index (κ3) is 2.42. The summed E-state index contributed by atoms with van der Waals surface area (Å²) in [6, 6.07) is -0.171. The zero-order valence-electron chi connectivity index (χ0n) is 10.9. The molecule has 1 aromatic carbocycles. The van der Waals surface area contributed by atoms with Gasteiger partial charge in [0.05, 0.1) is 27.0 Å². The first kappa shape index (κ1) is 16.0. The summed E-state index contributed by atoms with van der Waals surface area (Å²) in [7, 11) is 0. The Hall–Kier alpha value is -0.830. The number of hydrogen-bond donors (Lipinski definition) is 0. The van der Waals surface area contributed by atoms with Crippen LogP contribution in [0.3, 0.4) is 0 Å². The molecule has 3 rings (SSSR count). The highest BCUT2D eigenvalue weighted by Gasteiger charge is 2.29. The van der Waals surface area contributed by atoms with E-state index in [0.717, 1.165) is 0 Å². The minimum atomic E-state index is -0.837. The molecule has 0 radical (unpaired) electrons. The molecular weight excluding hydrogens is 447 g/mol. The van der Waals surface area contributed by atoms with Crippen molar-refractivity contribution in [3.05, 3.63) is 38.5 Å². The Balaban J connectivity index is 2.37. The van der Waals surface area contributed by atoms with Crippen LogP contribution in [0.4, 0.5) is 14.6 Å². The molecule has 0 bridgehead atoms. The van der Waals surface area contributed by atoms with Crippen LogP contribution in [0.2, 0.25) is 5.28 Å². The van der Waals surface area contributed by atoms with Crippen molar-refractivity contribution in [3.63, 3.8) is 0 Å². The summed E-state index contributed by atoms with van der Waals surface area (Å²) in [6.07, 6.45) is 1.67. The quantitative estimate of drug-likeness (QED) is 0.291. The van der Waals surface area contributed by atoms with Crippen LogP contribution >= 0.6 is 43.5 Å². The van der Waals surface area contributed by atoms with Crippen LogP contribution in [0, 0.1) is 11.6 Å². The zero-order chi connectivity index (χ0) is 16.0. The maximum atomic E-state index is 14.3. The van der Waals surface area contributed by atoms with Crippen molar-refractivity contribution in [1.29, 1.82) is 0 Å². The molecule has 0 amide bonds. The molecule has 1 fully saturated rings. The number of halogens is 5. The molecule has 0 N–H and O–H groups in total. The van der Waals surface area contributed by atoms with Gasteiger partial charge < -0.3 is 9.64 Å². The van der Waals surface area contributed by atoms with Gasteiger partial charge in [-0.15, -0.1) is 6.58 Å². The smallest absolute Gasteiger partial charge is 0.225 e. The molecule has 0 spiro atoms. The largest absolute Gasteiger partial charge is 0.359 e. The van der Waals surface area contributed by atoms with Crippen molar-refractivity contribution in [3.8, 4) is 0 Å². The molecular formula is C13H8Br2ClF2N3O. The number of ether oxygens (including phenoxy) is 1. The fourth-order valence-corrected chi connectivity index (χ4v) is 3.65. The third-order valence-corrected chi connectivity index (χ3v) is 4.94. The molecule has 0 saturated carbocycles. The number of hydrogen-bond acceptors (Lipinski definition) is 4. The summed E-state index contributed by atoms with van der Waals surface area (Å²) in [4.78, 5) is 9.73. The fourth-order valence-electron chi connectivity index (χ4n) is 2.27. The third-order valence-electron chi connectivity index (χ3n) is 3.33. The van der Waals surface area contributed by atoms with Crippen LogP contribution in [0.15, 0.2) is 21.6 Å². The van der Waals surface area contributed by atoms with E-state index >= 15 is 0 Å². The molecule has 1 saturated heterocycles. The van der Waals surface area contributed by atoms with E-state index in [1.54, 1.807) is 11.0 Å². The highest BCUT2D eigenvalue weighted by molar-refractivity contribution is 9.11. The molecule has 0 aliphatic carbocycles. The Labute approximate surface area is 146 Å². The second-order valence-electron chi connectivity index (χ2n) is 4.57. The maximum absolute atomic E-state index is 14.3. The van der Waals surface area contributed by atoms with Gasteiger partial charge in [-0.1, -0.05) is 6.08 Å². The Bertz CT molecular complexity index is 790. The van der Waals surface area contributed by atoms with Gasteiger partial charge in [-0.05, 0) is 43.5 Å². The first-order chi connectivity index (χ1) is 10.5. The van der Waals surface area contributed by atoms with E-state index in [0.29, 0.717) is 6.61 Å². The van der Waals surface area contributed by atoms with Crippen molar-refractivity contribution in [1.82, 2.24) is 9.97 Å². The minimum Gasteiger partial charge on any atom is -0.359 e. The lowest BCUT2D eigenvalue weighted by Gasteiger charge is -2.23. The molecule has 1 atom stereocenters. The van der Waals surface area contributed by atoms with Crippen molar-refractivity contribution in [2.75, 3.05) is 18.2 Å². The predicted octanol–water partition coefficient (Wildman–Crippen LogP) is 4.44. The van der Waals surface area contributed by atoms with Crippen LogP contribution < -0.4 is 4.90 Å². The fraction of sp³-hybridized carbons (Fsp3) is 0.231. The molecule has 22 heavy (non-hydrogen) atoms. The van der Waals surface area contributed by atoms with Gasteiger partial charge in [-0.2, -0.15) is 4.98 Å². The number of benzene rings is 1. The standard InChI is InChI=1S/C13H8Br2ClF2N3O/c1-2-5-3-22-4-21(5)12-6-7(14)9(17)8(15)10(18)11(6)19-13(16)20-12/h2,5H,1,3-4H2/t5-/m1/s1. The Morgan fingerprint density at radius 3 is 2.68 bits per heavy atom. The van der Waals surface area contributed by atoms with E-state index in [1.165, 1.54) is 0 Å². The van der Waals surface area contributed by atoms with Gasteiger partial charge >= 0.3 is 0 Å². The highest BCUT2D eigenvalue weighted by atomic mass is 79.9. The SMILES string of the molecule is C=C[C@@H]1COCN1c1nc(Cl)nc2c(F)c(Br)c(F)c(Br)c12. The van der Waals surface area contributed by atoms with Gasteiger partial charge in [0.25, 0.3) is 0 Å². The summed E-state index contributed by atoms with van der Waals surface area (Å²) in [5.41, 5.74) is -0.0788. The molecule has 1 aliphatic rings. The first-order valence-electron chi connectivity index (χ1n) is 6.11. The van der Waals surface area contributed by atoms with Crippen LogP contribution in [-0.2, 0) is 4.74 Å². The first-order valence-corrected chi connectivity index (χ1v) is 8.08. The van der Waals surface area contributed by atoms with E-state index in [2.05, 4.69) is 48.4 Å². The van der Waals surface area contributed by atoms with Crippen molar-refractivity contribution in [2.45, 2.75) is 6.04 Å². The summed E-state index contributed by atoms with van der Waals surface area (Å²) < 4.78 is 33.6. The van der Waals surface area contributed by atoms with E-state index in [-0.39, 0.29) is 43.7 Å². The number of fused-ring (bicyclic) bond motifs is 1. The summed E-state index contributed by atoms with van der Waals surface area (Å²) in [6.45, 7) is 4.35. The topological polar surface area (TPSA) is 38.2 Å². The molecule has 1 aliphatic heterocycles. The van der Waals surface area contributed by atoms with E-state index < -0.39 is 11.6 Å². The predicted molar refractivity (Wildman–Crippen MR) is 87.1 cm³/mol. The summed E-state index contributed by atoms with van der Waals surface area (Å²) in [5, 5.41) is 0.0569. The summed E-state index contributed by atoms with van der Waals surface area (Å²) in [5.74, 6) is -1.32. The number of aromatic nitrogens is 2. The zero-order valence-corrected chi connectivity index (χ0v) is 14.8. The van der Waals surface area contributed by atoms with Gasteiger partial charge in [-0.3, -0.25) is 0 Å². The highest BCUT2D eigenvalue weighted by Crippen LogP contribution is 2.40. The van der Waals surface area contributed by atoms with Gasteiger partial charge in [0.1, 0.15) is 18.1 Å². The molecule has 4 nitrogen and oxygen atoms in total.